The monoisotopic (exact) mass is 289 g/mol. The Balaban J connectivity index is 1.45. The zero-order valence-corrected chi connectivity index (χ0v) is 12.2. The van der Waals surface area contributed by atoms with Crippen LogP contribution in [0.25, 0.3) is 0 Å². The van der Waals surface area contributed by atoms with Gasteiger partial charge in [-0.15, -0.1) is 11.3 Å². The summed E-state index contributed by atoms with van der Waals surface area (Å²) < 4.78 is 0.937. The maximum Gasteiger partial charge on any atom is 0.0934 e. The Kier molecular flexibility index (Phi) is 2.91. The van der Waals surface area contributed by atoms with Gasteiger partial charge in [0.05, 0.1) is 4.34 Å². The summed E-state index contributed by atoms with van der Waals surface area (Å²) in [6.07, 6.45) is 3.69. The molecular formula is C16H16ClNS. The molecule has 1 saturated carbocycles. The van der Waals surface area contributed by atoms with E-state index in [0.717, 1.165) is 4.34 Å². The molecular weight excluding hydrogens is 274 g/mol. The number of halogens is 1. The van der Waals surface area contributed by atoms with E-state index >= 15 is 0 Å². The highest BCUT2D eigenvalue weighted by molar-refractivity contribution is 7.16. The summed E-state index contributed by atoms with van der Waals surface area (Å²) >= 11 is 7.86. The molecule has 3 heteroatoms. The zero-order valence-electron chi connectivity index (χ0n) is 10.6. The molecule has 0 aliphatic heterocycles. The van der Waals surface area contributed by atoms with Crippen molar-refractivity contribution >= 4 is 22.9 Å². The lowest BCUT2D eigenvalue weighted by atomic mass is 10.1. The van der Waals surface area contributed by atoms with E-state index in [4.69, 9.17) is 11.6 Å². The Labute approximate surface area is 122 Å². The summed E-state index contributed by atoms with van der Waals surface area (Å²) in [7, 11) is 0. The number of benzene rings is 1. The van der Waals surface area contributed by atoms with Gasteiger partial charge >= 0.3 is 0 Å². The first-order valence-corrected chi connectivity index (χ1v) is 8.10. The predicted molar refractivity (Wildman–Crippen MR) is 81.1 cm³/mol. The Morgan fingerprint density at radius 3 is 2.89 bits per heavy atom. The summed E-state index contributed by atoms with van der Waals surface area (Å²) in [4.78, 5) is 1.49. The molecule has 1 aromatic heterocycles. The van der Waals surface area contributed by atoms with Crippen molar-refractivity contribution in [3.05, 3.63) is 56.7 Å². The molecule has 1 fully saturated rings. The number of hydrogen-bond donors (Lipinski definition) is 1. The summed E-state index contributed by atoms with van der Waals surface area (Å²) in [5.41, 5.74) is 2.93. The van der Waals surface area contributed by atoms with E-state index in [1.807, 2.05) is 0 Å². The van der Waals surface area contributed by atoms with Gasteiger partial charge in [0.2, 0.25) is 0 Å². The second-order valence-corrected chi connectivity index (χ2v) is 7.31. The van der Waals surface area contributed by atoms with Gasteiger partial charge in [0.15, 0.2) is 0 Å². The van der Waals surface area contributed by atoms with Crippen LogP contribution in [0.1, 0.15) is 40.8 Å². The number of rotatable bonds is 3. The van der Waals surface area contributed by atoms with Crippen molar-refractivity contribution in [2.75, 3.05) is 0 Å². The Morgan fingerprint density at radius 2 is 2.05 bits per heavy atom. The van der Waals surface area contributed by atoms with Crippen LogP contribution in [-0.2, 0) is 6.42 Å². The maximum atomic E-state index is 6.11. The van der Waals surface area contributed by atoms with Crippen molar-refractivity contribution in [2.45, 2.75) is 37.3 Å². The van der Waals surface area contributed by atoms with Crippen LogP contribution in [0.5, 0.6) is 0 Å². The lowest BCUT2D eigenvalue weighted by molar-refractivity contribution is 0.521. The number of nitrogens with one attached hydrogen (secondary N) is 1. The number of fused-ring (bicyclic) bond motifs is 1. The van der Waals surface area contributed by atoms with Gasteiger partial charge in [-0.25, -0.2) is 0 Å². The van der Waals surface area contributed by atoms with Crippen LogP contribution >= 0.6 is 22.9 Å². The topological polar surface area (TPSA) is 12.0 Å². The van der Waals surface area contributed by atoms with Crippen molar-refractivity contribution in [3.8, 4) is 0 Å². The Bertz CT molecular complexity index is 592. The molecule has 1 nitrogen and oxygen atoms in total. The van der Waals surface area contributed by atoms with Gasteiger partial charge in [0, 0.05) is 22.9 Å². The van der Waals surface area contributed by atoms with E-state index in [1.54, 1.807) is 11.3 Å². The first kappa shape index (κ1) is 12.0. The van der Waals surface area contributed by atoms with Crippen LogP contribution < -0.4 is 5.32 Å². The fraction of sp³-hybridized carbons (Fsp3) is 0.375. The maximum absolute atomic E-state index is 6.11. The van der Waals surface area contributed by atoms with Gasteiger partial charge < -0.3 is 5.32 Å². The van der Waals surface area contributed by atoms with Crippen LogP contribution in [0.4, 0.5) is 0 Å². The fourth-order valence-electron chi connectivity index (χ4n) is 3.21. The molecule has 2 aromatic rings. The average Bonchev–Trinajstić information content (AvgIpc) is 2.96. The van der Waals surface area contributed by atoms with Crippen LogP contribution in [-0.4, -0.2) is 6.04 Å². The quantitative estimate of drug-likeness (QED) is 0.875. The SMILES string of the molecule is Clc1cc2c(s1)CCC2NC1CC1c1ccccc1. The number of aryl methyl sites for hydroxylation is 1. The van der Waals surface area contributed by atoms with Crippen LogP contribution in [0.3, 0.4) is 0 Å². The first-order valence-electron chi connectivity index (χ1n) is 6.90. The van der Waals surface area contributed by atoms with Crippen molar-refractivity contribution in [1.82, 2.24) is 5.32 Å². The molecule has 0 amide bonds. The molecule has 19 heavy (non-hydrogen) atoms. The van der Waals surface area contributed by atoms with E-state index in [9.17, 15) is 0 Å². The summed E-state index contributed by atoms with van der Waals surface area (Å²) in [5.74, 6) is 0.708. The number of thiophene rings is 1. The molecule has 2 aliphatic carbocycles. The molecule has 1 N–H and O–H groups in total. The molecule has 0 bridgehead atoms. The van der Waals surface area contributed by atoms with Crippen molar-refractivity contribution in [3.63, 3.8) is 0 Å². The van der Waals surface area contributed by atoms with Crippen LogP contribution in [0, 0.1) is 0 Å². The largest absolute Gasteiger partial charge is 0.306 e. The molecule has 1 heterocycles. The van der Waals surface area contributed by atoms with Gasteiger partial charge in [0.25, 0.3) is 0 Å². The molecule has 1 aromatic carbocycles. The van der Waals surface area contributed by atoms with Crippen molar-refractivity contribution in [1.29, 1.82) is 0 Å². The normalized spacial score (nSPS) is 28.4. The molecule has 3 unspecified atom stereocenters. The minimum Gasteiger partial charge on any atom is -0.306 e. The van der Waals surface area contributed by atoms with E-state index in [2.05, 4.69) is 41.7 Å². The molecule has 0 radical (unpaired) electrons. The second-order valence-electron chi connectivity index (χ2n) is 5.55. The molecule has 4 rings (SSSR count). The highest BCUT2D eigenvalue weighted by Crippen LogP contribution is 2.45. The van der Waals surface area contributed by atoms with Crippen LogP contribution in [0.2, 0.25) is 4.34 Å². The minimum absolute atomic E-state index is 0.525. The molecule has 2 aliphatic rings. The Morgan fingerprint density at radius 1 is 1.21 bits per heavy atom. The molecule has 0 saturated heterocycles. The summed E-state index contributed by atoms with van der Waals surface area (Å²) in [6, 6.07) is 14.2. The summed E-state index contributed by atoms with van der Waals surface area (Å²) in [6.45, 7) is 0. The third-order valence-corrected chi connectivity index (χ3v) is 5.62. The third kappa shape index (κ3) is 2.22. The Hall–Kier alpha value is -0.830. The van der Waals surface area contributed by atoms with Gasteiger partial charge in [-0.1, -0.05) is 41.9 Å². The standard InChI is InChI=1S/C16H16ClNS/c17-16-9-12-13(6-7-15(12)19-16)18-14-8-11(14)10-4-2-1-3-5-10/h1-5,9,11,13-14,18H,6-8H2. The van der Waals surface area contributed by atoms with Crippen molar-refractivity contribution < 1.29 is 0 Å². The van der Waals surface area contributed by atoms with E-state index in [1.165, 1.54) is 35.3 Å². The number of hydrogen-bond acceptors (Lipinski definition) is 2. The first-order chi connectivity index (χ1) is 9.31. The third-order valence-electron chi connectivity index (χ3n) is 4.28. The molecule has 3 atom stereocenters. The van der Waals surface area contributed by atoms with Gasteiger partial charge in [0.1, 0.15) is 0 Å². The molecule has 0 spiro atoms. The lowest BCUT2D eigenvalue weighted by Gasteiger charge is -2.12. The van der Waals surface area contributed by atoms with Crippen molar-refractivity contribution in [2.24, 2.45) is 0 Å². The van der Waals surface area contributed by atoms with Gasteiger partial charge in [-0.2, -0.15) is 0 Å². The predicted octanol–water partition coefficient (Wildman–Crippen LogP) is 4.53. The van der Waals surface area contributed by atoms with E-state index in [0.29, 0.717) is 18.0 Å². The van der Waals surface area contributed by atoms with E-state index < -0.39 is 0 Å². The molecule has 98 valence electrons. The second kappa shape index (κ2) is 4.62. The van der Waals surface area contributed by atoms with Crippen LogP contribution in [0.15, 0.2) is 36.4 Å². The minimum atomic E-state index is 0.525. The summed E-state index contributed by atoms with van der Waals surface area (Å²) in [5, 5.41) is 3.82. The fourth-order valence-corrected chi connectivity index (χ4v) is 4.57. The van der Waals surface area contributed by atoms with E-state index in [-0.39, 0.29) is 0 Å². The van der Waals surface area contributed by atoms with Gasteiger partial charge in [-0.05, 0) is 36.5 Å². The smallest absolute Gasteiger partial charge is 0.0934 e. The highest BCUT2D eigenvalue weighted by Gasteiger charge is 2.40. The van der Waals surface area contributed by atoms with Gasteiger partial charge in [-0.3, -0.25) is 0 Å². The highest BCUT2D eigenvalue weighted by atomic mass is 35.5. The zero-order chi connectivity index (χ0) is 12.8. The lowest BCUT2D eigenvalue weighted by Crippen LogP contribution is -2.22. The average molecular weight is 290 g/mol.